The minimum atomic E-state index is -0.228. The lowest BCUT2D eigenvalue weighted by Crippen LogP contribution is -2.19. The summed E-state index contributed by atoms with van der Waals surface area (Å²) in [5.41, 5.74) is 1.75. The fraction of sp³-hybridized carbons (Fsp3) is 0.600. The number of thiophene rings is 1. The summed E-state index contributed by atoms with van der Waals surface area (Å²) in [7, 11) is 1.58. The summed E-state index contributed by atoms with van der Waals surface area (Å²) in [6.45, 7) is 3.04. The fourth-order valence-corrected chi connectivity index (χ4v) is 3.80. The predicted molar refractivity (Wildman–Crippen MR) is 81.5 cm³/mol. The van der Waals surface area contributed by atoms with Gasteiger partial charge in [0.15, 0.2) is 0 Å². The number of methoxy groups -OCH3 is 1. The van der Waals surface area contributed by atoms with Crippen LogP contribution in [0.3, 0.4) is 0 Å². The third-order valence-corrected chi connectivity index (χ3v) is 4.71. The monoisotopic (exact) mass is 308 g/mol. The molecule has 0 bridgehead atoms. The highest BCUT2D eigenvalue weighted by Gasteiger charge is 2.24. The van der Waals surface area contributed by atoms with Gasteiger partial charge in [0.1, 0.15) is 17.7 Å². The standard InChI is InChI=1S/C15H20N2O3S/c1-10-3-4-11-12(8-16)15(21-13(11)7-10)17-14(18)9-20-6-5-19-2/h10H,3-7,9H2,1-2H3,(H,17,18). The van der Waals surface area contributed by atoms with E-state index in [1.54, 1.807) is 7.11 Å². The summed E-state index contributed by atoms with van der Waals surface area (Å²) in [4.78, 5) is 13.1. The summed E-state index contributed by atoms with van der Waals surface area (Å²) in [5, 5.41) is 12.8. The Morgan fingerprint density at radius 1 is 1.52 bits per heavy atom. The Morgan fingerprint density at radius 2 is 2.33 bits per heavy atom. The molecule has 0 fully saturated rings. The van der Waals surface area contributed by atoms with Crippen LogP contribution in [0.15, 0.2) is 0 Å². The van der Waals surface area contributed by atoms with Crippen LogP contribution in [0.25, 0.3) is 0 Å². The molecule has 0 spiro atoms. The molecule has 1 heterocycles. The van der Waals surface area contributed by atoms with E-state index in [4.69, 9.17) is 9.47 Å². The van der Waals surface area contributed by atoms with Crippen LogP contribution in [0.5, 0.6) is 0 Å². The number of nitrogens with zero attached hydrogens (tertiary/aromatic N) is 1. The Bertz CT molecular complexity index is 548. The average Bonchev–Trinajstić information content (AvgIpc) is 2.79. The van der Waals surface area contributed by atoms with Crippen molar-refractivity contribution in [3.63, 3.8) is 0 Å². The Balaban J connectivity index is 2.00. The zero-order chi connectivity index (χ0) is 15.2. The molecule has 1 aliphatic carbocycles. The Hall–Kier alpha value is -1.42. The maximum absolute atomic E-state index is 11.8. The van der Waals surface area contributed by atoms with Crippen LogP contribution in [0.1, 0.15) is 29.3 Å². The largest absolute Gasteiger partial charge is 0.382 e. The number of ether oxygens (including phenoxy) is 2. The van der Waals surface area contributed by atoms with E-state index < -0.39 is 0 Å². The van der Waals surface area contributed by atoms with Gasteiger partial charge in [-0.2, -0.15) is 5.26 Å². The lowest BCUT2D eigenvalue weighted by Gasteiger charge is -2.17. The van der Waals surface area contributed by atoms with Crippen molar-refractivity contribution in [2.45, 2.75) is 26.2 Å². The lowest BCUT2D eigenvalue weighted by molar-refractivity contribution is -0.121. The number of rotatable bonds is 6. The molecule has 0 aromatic carbocycles. The van der Waals surface area contributed by atoms with Crippen molar-refractivity contribution in [1.82, 2.24) is 0 Å². The second kappa shape index (κ2) is 7.55. The van der Waals surface area contributed by atoms with E-state index in [0.717, 1.165) is 24.8 Å². The fourth-order valence-electron chi connectivity index (χ4n) is 2.43. The minimum Gasteiger partial charge on any atom is -0.382 e. The Morgan fingerprint density at radius 3 is 3.05 bits per heavy atom. The van der Waals surface area contributed by atoms with Crippen LogP contribution in [0.4, 0.5) is 5.00 Å². The van der Waals surface area contributed by atoms with Crippen molar-refractivity contribution in [1.29, 1.82) is 5.26 Å². The van der Waals surface area contributed by atoms with Crippen LogP contribution < -0.4 is 5.32 Å². The molecule has 1 aromatic rings. The molecule has 0 saturated carbocycles. The van der Waals surface area contributed by atoms with Crippen LogP contribution >= 0.6 is 11.3 Å². The molecule has 0 saturated heterocycles. The lowest BCUT2D eigenvalue weighted by atomic mass is 9.89. The summed E-state index contributed by atoms with van der Waals surface area (Å²) in [5.74, 6) is 0.415. The van der Waals surface area contributed by atoms with Gasteiger partial charge in [-0.25, -0.2) is 0 Å². The molecule has 2 rings (SSSR count). The van der Waals surface area contributed by atoms with E-state index in [2.05, 4.69) is 18.3 Å². The molecule has 21 heavy (non-hydrogen) atoms. The van der Waals surface area contributed by atoms with E-state index in [1.165, 1.54) is 16.2 Å². The van der Waals surface area contributed by atoms with Gasteiger partial charge in [0.2, 0.25) is 0 Å². The second-order valence-corrected chi connectivity index (χ2v) is 6.37. The second-order valence-electron chi connectivity index (χ2n) is 5.26. The van der Waals surface area contributed by atoms with Crippen LogP contribution in [0.2, 0.25) is 0 Å². The molecular formula is C15H20N2O3S. The van der Waals surface area contributed by atoms with Gasteiger partial charge in [0.25, 0.3) is 5.91 Å². The highest BCUT2D eigenvalue weighted by molar-refractivity contribution is 7.16. The third-order valence-electron chi connectivity index (χ3n) is 3.54. The van der Waals surface area contributed by atoms with E-state index in [9.17, 15) is 10.1 Å². The molecule has 1 aromatic heterocycles. The van der Waals surface area contributed by atoms with Crippen LogP contribution in [-0.2, 0) is 27.1 Å². The first kappa shape index (κ1) is 16.0. The van der Waals surface area contributed by atoms with Crippen molar-refractivity contribution >= 4 is 22.2 Å². The van der Waals surface area contributed by atoms with E-state index in [-0.39, 0.29) is 12.5 Å². The number of carbonyl (C=O) groups excluding carboxylic acids is 1. The van der Waals surface area contributed by atoms with Crippen molar-refractivity contribution in [2.24, 2.45) is 5.92 Å². The average molecular weight is 308 g/mol. The minimum absolute atomic E-state index is 0.0206. The first-order valence-electron chi connectivity index (χ1n) is 7.06. The highest BCUT2D eigenvalue weighted by atomic mass is 32.1. The van der Waals surface area contributed by atoms with Gasteiger partial charge in [-0.05, 0) is 30.7 Å². The van der Waals surface area contributed by atoms with E-state index >= 15 is 0 Å². The number of fused-ring (bicyclic) bond motifs is 1. The molecular weight excluding hydrogens is 288 g/mol. The first-order chi connectivity index (χ1) is 10.2. The molecule has 1 unspecified atom stereocenters. The van der Waals surface area contributed by atoms with Gasteiger partial charge in [0.05, 0.1) is 18.8 Å². The predicted octanol–water partition coefficient (Wildman–Crippen LogP) is 2.35. The highest BCUT2D eigenvalue weighted by Crippen LogP contribution is 2.39. The SMILES string of the molecule is COCCOCC(=O)Nc1sc2c(c1C#N)CCC(C)C2. The normalized spacial score (nSPS) is 17.1. The van der Waals surface area contributed by atoms with Gasteiger partial charge in [0, 0.05) is 12.0 Å². The Kier molecular flexibility index (Phi) is 5.74. The van der Waals surface area contributed by atoms with Gasteiger partial charge in [-0.3, -0.25) is 4.79 Å². The van der Waals surface area contributed by atoms with E-state index in [1.807, 2.05) is 0 Å². The molecule has 0 aliphatic heterocycles. The maximum Gasteiger partial charge on any atom is 0.251 e. The number of anilines is 1. The number of amides is 1. The van der Waals surface area contributed by atoms with Gasteiger partial charge < -0.3 is 14.8 Å². The van der Waals surface area contributed by atoms with Gasteiger partial charge in [-0.15, -0.1) is 11.3 Å². The number of nitrogens with one attached hydrogen (secondary N) is 1. The number of nitriles is 1. The van der Waals surface area contributed by atoms with Gasteiger partial charge in [-0.1, -0.05) is 6.92 Å². The quantitative estimate of drug-likeness (QED) is 0.819. The zero-order valence-electron chi connectivity index (χ0n) is 12.4. The molecule has 6 heteroatoms. The summed E-state index contributed by atoms with van der Waals surface area (Å²) < 4.78 is 10.0. The zero-order valence-corrected chi connectivity index (χ0v) is 13.2. The van der Waals surface area contributed by atoms with Crippen molar-refractivity contribution in [3.8, 4) is 6.07 Å². The number of hydrogen-bond acceptors (Lipinski definition) is 5. The molecule has 0 radical (unpaired) electrons. The molecule has 114 valence electrons. The molecule has 1 atom stereocenters. The van der Waals surface area contributed by atoms with E-state index in [0.29, 0.717) is 29.7 Å². The maximum atomic E-state index is 11.8. The third kappa shape index (κ3) is 4.03. The number of carbonyl (C=O) groups is 1. The number of hydrogen-bond donors (Lipinski definition) is 1. The molecule has 1 N–H and O–H groups in total. The summed E-state index contributed by atoms with van der Waals surface area (Å²) in [6, 6.07) is 2.24. The van der Waals surface area contributed by atoms with Gasteiger partial charge >= 0.3 is 0 Å². The summed E-state index contributed by atoms with van der Waals surface area (Å²) in [6.07, 6.45) is 3.02. The summed E-state index contributed by atoms with van der Waals surface area (Å²) >= 11 is 1.53. The van der Waals surface area contributed by atoms with Crippen LogP contribution in [-0.4, -0.2) is 32.8 Å². The molecule has 1 amide bonds. The topological polar surface area (TPSA) is 71.3 Å². The molecule has 1 aliphatic rings. The smallest absolute Gasteiger partial charge is 0.251 e. The van der Waals surface area contributed by atoms with Crippen LogP contribution in [0, 0.1) is 17.2 Å². The van der Waals surface area contributed by atoms with Crippen molar-refractivity contribution in [2.75, 3.05) is 32.2 Å². The molecule has 5 nitrogen and oxygen atoms in total. The van der Waals surface area contributed by atoms with Crippen molar-refractivity contribution < 1.29 is 14.3 Å². The Labute approximate surface area is 128 Å². The first-order valence-corrected chi connectivity index (χ1v) is 7.88. The van der Waals surface area contributed by atoms with Crippen molar-refractivity contribution in [3.05, 3.63) is 16.0 Å².